The molecule has 1 heterocycles. The lowest BCUT2D eigenvalue weighted by molar-refractivity contribution is 0.0373. The van der Waals surface area contributed by atoms with Crippen LogP contribution in [0.2, 0.25) is 0 Å². The van der Waals surface area contributed by atoms with Gasteiger partial charge in [-0.2, -0.15) is 0 Å². The van der Waals surface area contributed by atoms with Crippen LogP contribution in [0.3, 0.4) is 0 Å². The third-order valence-electron chi connectivity index (χ3n) is 1.44. The van der Waals surface area contributed by atoms with Gasteiger partial charge in [-0.05, 0) is 7.05 Å². The molecule has 0 spiro atoms. The molecule has 0 N–H and O–H groups in total. The Morgan fingerprint density at radius 3 is 2.88 bits per heavy atom. The third kappa shape index (κ3) is 1.41. The predicted octanol–water partition coefficient (Wildman–Crippen LogP) is 0.150. The monoisotopic (exact) mass is 133 g/mol. The zero-order chi connectivity index (χ0) is 5.98. The van der Waals surface area contributed by atoms with Crippen molar-refractivity contribution >= 4 is 9.24 Å². The maximum Gasteiger partial charge on any atom is 0.0657 e. The first kappa shape index (κ1) is 6.47. The minimum absolute atomic E-state index is 0.531. The highest BCUT2D eigenvalue weighted by atomic mass is 31.0. The van der Waals surface area contributed by atoms with E-state index in [0.717, 1.165) is 19.8 Å². The van der Waals surface area contributed by atoms with Crippen molar-refractivity contribution in [1.29, 1.82) is 0 Å². The second-order valence-corrected chi connectivity index (χ2v) is 2.89. The zero-order valence-electron chi connectivity index (χ0n) is 5.13. The predicted molar refractivity (Wildman–Crippen MR) is 36.9 cm³/mol. The van der Waals surface area contributed by atoms with E-state index in [9.17, 15) is 0 Å². The van der Waals surface area contributed by atoms with Crippen molar-refractivity contribution in [2.75, 3.05) is 26.8 Å². The fraction of sp³-hybridized carbons (Fsp3) is 1.00. The molecule has 48 valence electrons. The Labute approximate surface area is 52.4 Å². The Balaban J connectivity index is 2.28. The Hall–Kier alpha value is 0.350. The van der Waals surface area contributed by atoms with Crippen LogP contribution in [-0.4, -0.2) is 37.5 Å². The van der Waals surface area contributed by atoms with Gasteiger partial charge < -0.3 is 4.74 Å². The Bertz CT molecular complexity index is 68.8. The van der Waals surface area contributed by atoms with Gasteiger partial charge in [0.1, 0.15) is 0 Å². The topological polar surface area (TPSA) is 12.5 Å². The molecule has 1 aliphatic heterocycles. The molecular weight excluding hydrogens is 121 g/mol. The molecule has 1 saturated heterocycles. The number of hydrogen-bond donors (Lipinski definition) is 0. The molecule has 0 aliphatic carbocycles. The molecule has 0 bridgehead atoms. The van der Waals surface area contributed by atoms with Crippen molar-refractivity contribution in [1.82, 2.24) is 4.90 Å². The molecule has 0 aromatic rings. The Morgan fingerprint density at radius 1 is 1.75 bits per heavy atom. The first-order valence-electron chi connectivity index (χ1n) is 2.84. The Kier molecular flexibility index (Phi) is 2.24. The number of likely N-dealkylation sites (N-methyl/N-ethyl adjacent to an activating group) is 1. The summed E-state index contributed by atoms with van der Waals surface area (Å²) in [6.45, 7) is 2.82. The zero-order valence-corrected chi connectivity index (χ0v) is 6.29. The van der Waals surface area contributed by atoms with Gasteiger partial charge in [0.25, 0.3) is 0 Å². The van der Waals surface area contributed by atoms with Gasteiger partial charge in [-0.15, -0.1) is 9.24 Å². The minimum atomic E-state index is 0.531. The molecule has 2 atom stereocenters. The van der Waals surface area contributed by atoms with Crippen molar-refractivity contribution < 1.29 is 4.74 Å². The smallest absolute Gasteiger partial charge is 0.0657 e. The van der Waals surface area contributed by atoms with E-state index in [4.69, 9.17) is 4.74 Å². The molecule has 0 radical (unpaired) electrons. The van der Waals surface area contributed by atoms with Gasteiger partial charge in [-0.1, -0.05) is 0 Å². The molecule has 0 amide bonds. The molecule has 1 fully saturated rings. The maximum atomic E-state index is 5.19. The second kappa shape index (κ2) is 2.77. The lowest BCUT2D eigenvalue weighted by Crippen LogP contribution is -2.38. The lowest BCUT2D eigenvalue weighted by atomic mass is 10.5. The molecule has 0 aromatic carbocycles. The van der Waals surface area contributed by atoms with Crippen LogP contribution >= 0.6 is 9.24 Å². The average Bonchev–Trinajstić information content (AvgIpc) is 1.77. The second-order valence-electron chi connectivity index (χ2n) is 2.12. The standard InChI is InChI=1S/C5H12NOP/c1-6-2-3-7-4-5(6)8/h5H,2-4,8H2,1H3. The summed E-state index contributed by atoms with van der Waals surface area (Å²) in [6.07, 6.45) is 0. The van der Waals surface area contributed by atoms with Crippen LogP contribution in [0.25, 0.3) is 0 Å². The molecule has 1 aliphatic rings. The molecule has 1 rings (SSSR count). The van der Waals surface area contributed by atoms with Gasteiger partial charge in [-0.3, -0.25) is 4.90 Å². The first-order chi connectivity index (χ1) is 3.80. The molecule has 0 aromatic heterocycles. The van der Waals surface area contributed by atoms with Crippen LogP contribution in [0.5, 0.6) is 0 Å². The number of hydrogen-bond acceptors (Lipinski definition) is 2. The molecule has 3 heteroatoms. The van der Waals surface area contributed by atoms with Crippen LogP contribution in [-0.2, 0) is 4.74 Å². The average molecular weight is 133 g/mol. The molecule has 2 nitrogen and oxygen atoms in total. The summed E-state index contributed by atoms with van der Waals surface area (Å²) in [5.74, 6) is 0.531. The summed E-state index contributed by atoms with van der Waals surface area (Å²) in [5, 5.41) is 0. The first-order valence-corrected chi connectivity index (χ1v) is 3.51. The number of morpholine rings is 1. The van der Waals surface area contributed by atoms with Crippen molar-refractivity contribution in [3.05, 3.63) is 0 Å². The van der Waals surface area contributed by atoms with E-state index in [2.05, 4.69) is 21.2 Å². The number of rotatable bonds is 0. The van der Waals surface area contributed by atoms with E-state index in [1.807, 2.05) is 0 Å². The van der Waals surface area contributed by atoms with Crippen molar-refractivity contribution in [2.24, 2.45) is 0 Å². The van der Waals surface area contributed by atoms with E-state index < -0.39 is 0 Å². The molecular formula is C5H12NOP. The fourth-order valence-corrected chi connectivity index (χ4v) is 0.991. The largest absolute Gasteiger partial charge is 0.378 e. The third-order valence-corrected chi connectivity index (χ3v) is 2.14. The van der Waals surface area contributed by atoms with Crippen LogP contribution in [0.4, 0.5) is 0 Å². The highest BCUT2D eigenvalue weighted by Gasteiger charge is 2.12. The molecule has 0 saturated carbocycles. The number of nitrogens with zero attached hydrogens (tertiary/aromatic N) is 1. The summed E-state index contributed by atoms with van der Waals surface area (Å²) >= 11 is 0. The number of ether oxygens (including phenoxy) is 1. The summed E-state index contributed by atoms with van der Waals surface area (Å²) in [4.78, 5) is 2.27. The van der Waals surface area contributed by atoms with Gasteiger partial charge in [0, 0.05) is 12.3 Å². The van der Waals surface area contributed by atoms with Gasteiger partial charge in [0.2, 0.25) is 0 Å². The molecule has 8 heavy (non-hydrogen) atoms. The SMILES string of the molecule is CN1CCOCC1P. The summed E-state index contributed by atoms with van der Waals surface area (Å²) in [5.41, 5.74) is 0. The van der Waals surface area contributed by atoms with Gasteiger partial charge in [-0.25, -0.2) is 0 Å². The summed E-state index contributed by atoms with van der Waals surface area (Å²) in [6, 6.07) is 0. The van der Waals surface area contributed by atoms with Gasteiger partial charge >= 0.3 is 0 Å². The van der Waals surface area contributed by atoms with Crippen LogP contribution < -0.4 is 0 Å². The summed E-state index contributed by atoms with van der Waals surface area (Å²) < 4.78 is 5.19. The van der Waals surface area contributed by atoms with E-state index >= 15 is 0 Å². The van der Waals surface area contributed by atoms with Crippen molar-refractivity contribution in [2.45, 2.75) is 5.78 Å². The minimum Gasteiger partial charge on any atom is -0.378 e. The quantitative estimate of drug-likeness (QED) is 0.436. The van der Waals surface area contributed by atoms with E-state index in [1.54, 1.807) is 0 Å². The fourth-order valence-electron chi connectivity index (χ4n) is 0.706. The van der Waals surface area contributed by atoms with Gasteiger partial charge in [0.15, 0.2) is 0 Å². The van der Waals surface area contributed by atoms with Crippen molar-refractivity contribution in [3.8, 4) is 0 Å². The van der Waals surface area contributed by atoms with Crippen molar-refractivity contribution in [3.63, 3.8) is 0 Å². The van der Waals surface area contributed by atoms with Crippen LogP contribution in [0, 0.1) is 0 Å². The van der Waals surface area contributed by atoms with Crippen LogP contribution in [0.1, 0.15) is 0 Å². The highest BCUT2D eigenvalue weighted by Crippen LogP contribution is 2.08. The van der Waals surface area contributed by atoms with E-state index in [0.29, 0.717) is 5.78 Å². The highest BCUT2D eigenvalue weighted by molar-refractivity contribution is 7.17. The normalized spacial score (nSPS) is 33.0. The van der Waals surface area contributed by atoms with Crippen LogP contribution in [0.15, 0.2) is 0 Å². The lowest BCUT2D eigenvalue weighted by Gasteiger charge is -2.28. The van der Waals surface area contributed by atoms with Gasteiger partial charge in [0.05, 0.1) is 13.2 Å². The van der Waals surface area contributed by atoms with E-state index in [1.165, 1.54) is 0 Å². The summed E-state index contributed by atoms with van der Waals surface area (Å²) in [7, 11) is 4.86. The maximum absolute atomic E-state index is 5.19. The van der Waals surface area contributed by atoms with E-state index in [-0.39, 0.29) is 0 Å². The Morgan fingerprint density at radius 2 is 2.50 bits per heavy atom. The molecule has 2 unspecified atom stereocenters.